The number of unbranched alkanes of at least 4 members (excludes halogenated alkanes) is 1. The summed E-state index contributed by atoms with van der Waals surface area (Å²) in [6, 6.07) is 10.1. The van der Waals surface area contributed by atoms with Crippen LogP contribution in [0.4, 0.5) is 0 Å². The molecule has 2 rings (SSSR count). The number of nitrogens with two attached hydrogens (primary N) is 1. The molecule has 0 aromatic heterocycles. The van der Waals surface area contributed by atoms with Crippen molar-refractivity contribution in [3.63, 3.8) is 0 Å². The van der Waals surface area contributed by atoms with Gasteiger partial charge in [0.25, 0.3) is 0 Å². The van der Waals surface area contributed by atoms with Gasteiger partial charge < -0.3 is 5.73 Å². The third-order valence-electron chi connectivity index (χ3n) is 4.56. The quantitative estimate of drug-likeness (QED) is 0.836. The van der Waals surface area contributed by atoms with Gasteiger partial charge in [-0.1, -0.05) is 44.5 Å². The van der Waals surface area contributed by atoms with Gasteiger partial charge in [-0.3, -0.25) is 4.90 Å². The van der Waals surface area contributed by atoms with Crippen LogP contribution in [0.15, 0.2) is 24.3 Å². The number of hydrogen-bond acceptors (Lipinski definition) is 2. The molecule has 2 heteroatoms. The van der Waals surface area contributed by atoms with E-state index in [-0.39, 0.29) is 6.04 Å². The summed E-state index contributed by atoms with van der Waals surface area (Å²) in [5, 5.41) is 0. The van der Waals surface area contributed by atoms with Crippen LogP contribution in [0.1, 0.15) is 69.7 Å². The first-order valence-electron chi connectivity index (χ1n) is 7.79. The van der Waals surface area contributed by atoms with Crippen LogP contribution < -0.4 is 5.73 Å². The first-order valence-corrected chi connectivity index (χ1v) is 7.79. The monoisotopic (exact) mass is 260 g/mol. The summed E-state index contributed by atoms with van der Waals surface area (Å²) in [5.41, 5.74) is 9.14. The molecule has 3 atom stereocenters. The van der Waals surface area contributed by atoms with Crippen LogP contribution >= 0.6 is 0 Å². The molecule has 0 fully saturated rings. The maximum Gasteiger partial charge on any atom is 0.0372 e. The van der Waals surface area contributed by atoms with Crippen LogP contribution in [0.5, 0.6) is 0 Å². The predicted octanol–water partition coefficient (Wildman–Crippen LogP) is 4.03. The molecule has 0 saturated heterocycles. The summed E-state index contributed by atoms with van der Waals surface area (Å²) in [4.78, 5) is 2.68. The summed E-state index contributed by atoms with van der Waals surface area (Å²) in [5.74, 6) is 0. The van der Waals surface area contributed by atoms with Crippen molar-refractivity contribution in [3.05, 3.63) is 35.4 Å². The molecule has 0 aliphatic heterocycles. The van der Waals surface area contributed by atoms with Crippen LogP contribution in [0.3, 0.4) is 0 Å². The Kier molecular flexibility index (Phi) is 5.00. The van der Waals surface area contributed by atoms with Gasteiger partial charge in [-0.15, -0.1) is 0 Å². The van der Waals surface area contributed by atoms with Crippen LogP contribution in [0.2, 0.25) is 0 Å². The number of fused-ring (bicyclic) bond motifs is 1. The highest BCUT2D eigenvalue weighted by Gasteiger charge is 2.33. The zero-order valence-electron chi connectivity index (χ0n) is 12.6. The molecule has 1 aliphatic carbocycles. The highest BCUT2D eigenvalue weighted by molar-refractivity contribution is 5.37. The van der Waals surface area contributed by atoms with E-state index in [1.54, 1.807) is 0 Å². The van der Waals surface area contributed by atoms with Gasteiger partial charge in [-0.25, -0.2) is 0 Å². The molecule has 0 amide bonds. The van der Waals surface area contributed by atoms with Gasteiger partial charge in [0.1, 0.15) is 0 Å². The average molecular weight is 260 g/mol. The molecule has 2 nitrogen and oxygen atoms in total. The topological polar surface area (TPSA) is 29.3 Å². The van der Waals surface area contributed by atoms with E-state index in [2.05, 4.69) is 49.9 Å². The van der Waals surface area contributed by atoms with E-state index in [1.807, 2.05) is 0 Å². The average Bonchev–Trinajstić information content (AvgIpc) is 2.77. The summed E-state index contributed by atoms with van der Waals surface area (Å²) in [7, 11) is 0. The van der Waals surface area contributed by atoms with Gasteiger partial charge in [0.05, 0.1) is 0 Å². The van der Waals surface area contributed by atoms with Crippen LogP contribution in [-0.2, 0) is 0 Å². The smallest absolute Gasteiger partial charge is 0.0372 e. The Balaban J connectivity index is 2.23. The van der Waals surface area contributed by atoms with Gasteiger partial charge >= 0.3 is 0 Å². The number of nitrogens with zero attached hydrogens (tertiary/aromatic N) is 1. The van der Waals surface area contributed by atoms with Crippen molar-refractivity contribution in [1.29, 1.82) is 0 Å². The van der Waals surface area contributed by atoms with E-state index in [4.69, 9.17) is 5.73 Å². The van der Waals surface area contributed by atoms with E-state index >= 15 is 0 Å². The van der Waals surface area contributed by atoms with E-state index in [1.165, 1.54) is 36.9 Å². The van der Waals surface area contributed by atoms with E-state index in [9.17, 15) is 0 Å². The van der Waals surface area contributed by atoms with Crippen LogP contribution in [0, 0.1) is 0 Å². The normalized spacial score (nSPS) is 23.6. The lowest BCUT2D eigenvalue weighted by Gasteiger charge is -2.34. The molecule has 0 radical (unpaired) electrons. The maximum absolute atomic E-state index is 6.32. The Morgan fingerprint density at radius 3 is 2.58 bits per heavy atom. The molecule has 19 heavy (non-hydrogen) atoms. The van der Waals surface area contributed by atoms with Gasteiger partial charge in [0.15, 0.2) is 0 Å². The van der Waals surface area contributed by atoms with E-state index < -0.39 is 0 Å². The first-order chi connectivity index (χ1) is 9.19. The Hall–Kier alpha value is -0.860. The van der Waals surface area contributed by atoms with E-state index in [0.29, 0.717) is 12.1 Å². The van der Waals surface area contributed by atoms with Gasteiger partial charge in [0, 0.05) is 18.1 Å². The van der Waals surface area contributed by atoms with Crippen molar-refractivity contribution in [1.82, 2.24) is 4.90 Å². The Morgan fingerprint density at radius 2 is 1.95 bits per heavy atom. The van der Waals surface area contributed by atoms with Crippen LogP contribution in [-0.4, -0.2) is 17.5 Å². The van der Waals surface area contributed by atoms with Crippen molar-refractivity contribution in [2.75, 3.05) is 6.54 Å². The highest BCUT2D eigenvalue weighted by atomic mass is 15.2. The molecular formula is C17H28N2. The van der Waals surface area contributed by atoms with Crippen molar-refractivity contribution in [3.8, 4) is 0 Å². The fourth-order valence-electron chi connectivity index (χ4n) is 3.22. The zero-order chi connectivity index (χ0) is 13.8. The maximum atomic E-state index is 6.32. The number of rotatable bonds is 6. The third-order valence-corrected chi connectivity index (χ3v) is 4.56. The Morgan fingerprint density at radius 1 is 1.26 bits per heavy atom. The Labute approximate surface area is 118 Å². The Bertz CT molecular complexity index is 402. The fourth-order valence-corrected chi connectivity index (χ4v) is 3.22. The molecule has 0 bridgehead atoms. The standard InChI is InChI=1S/C17H28N2/c1-4-6-11-19(13(3)5-2)17-12-16(18)14-9-7-8-10-15(14)17/h7-10,13,16-17H,4-6,11-12,18H2,1-3H3. The lowest BCUT2D eigenvalue weighted by atomic mass is 10.0. The second-order valence-corrected chi connectivity index (χ2v) is 5.84. The van der Waals surface area contributed by atoms with Crippen molar-refractivity contribution in [2.24, 2.45) is 5.73 Å². The molecule has 1 aliphatic rings. The summed E-state index contributed by atoms with van der Waals surface area (Å²) >= 11 is 0. The predicted molar refractivity (Wildman–Crippen MR) is 82.1 cm³/mol. The SMILES string of the molecule is CCCCN(C(C)CC)C1CC(N)c2ccccc21. The van der Waals surface area contributed by atoms with Crippen molar-refractivity contribution in [2.45, 2.75) is 64.6 Å². The minimum Gasteiger partial charge on any atom is -0.324 e. The minimum atomic E-state index is 0.217. The first kappa shape index (κ1) is 14.5. The van der Waals surface area contributed by atoms with Gasteiger partial charge in [0.2, 0.25) is 0 Å². The van der Waals surface area contributed by atoms with Crippen LogP contribution in [0.25, 0.3) is 0 Å². The third kappa shape index (κ3) is 3.01. The number of benzene rings is 1. The lowest BCUT2D eigenvalue weighted by molar-refractivity contribution is 0.133. The van der Waals surface area contributed by atoms with Crippen molar-refractivity contribution < 1.29 is 0 Å². The van der Waals surface area contributed by atoms with E-state index in [0.717, 1.165) is 6.42 Å². The molecule has 1 aromatic rings. The summed E-state index contributed by atoms with van der Waals surface area (Å²) in [6.45, 7) is 8.09. The molecule has 0 spiro atoms. The molecule has 2 N–H and O–H groups in total. The van der Waals surface area contributed by atoms with Gasteiger partial charge in [-0.05, 0) is 43.9 Å². The summed E-state index contributed by atoms with van der Waals surface area (Å²) in [6.07, 6.45) is 4.82. The molecule has 106 valence electrons. The van der Waals surface area contributed by atoms with Gasteiger partial charge in [-0.2, -0.15) is 0 Å². The molecule has 0 saturated carbocycles. The molecule has 1 aromatic carbocycles. The molecule has 0 heterocycles. The second kappa shape index (κ2) is 6.53. The summed E-state index contributed by atoms with van der Waals surface area (Å²) < 4.78 is 0. The van der Waals surface area contributed by atoms with Crippen molar-refractivity contribution >= 4 is 0 Å². The molecular weight excluding hydrogens is 232 g/mol. The molecule has 3 unspecified atom stereocenters. The highest BCUT2D eigenvalue weighted by Crippen LogP contribution is 2.41. The number of hydrogen-bond donors (Lipinski definition) is 1. The zero-order valence-corrected chi connectivity index (χ0v) is 12.6. The second-order valence-electron chi connectivity index (χ2n) is 5.84. The largest absolute Gasteiger partial charge is 0.324 e. The minimum absolute atomic E-state index is 0.217. The lowest BCUT2D eigenvalue weighted by Crippen LogP contribution is -2.36. The fraction of sp³-hybridized carbons (Fsp3) is 0.647.